The Labute approximate surface area is 108 Å². The van der Waals surface area contributed by atoms with Crippen LogP contribution in [-0.2, 0) is 0 Å². The van der Waals surface area contributed by atoms with Gasteiger partial charge in [0.1, 0.15) is 0 Å². The summed E-state index contributed by atoms with van der Waals surface area (Å²) in [7, 11) is 1.49. The molecule has 0 spiro atoms. The van der Waals surface area contributed by atoms with Gasteiger partial charge >= 0.3 is 0 Å². The molecule has 0 heterocycles. The molecule has 1 aromatic rings. The molecule has 0 bridgehead atoms. The van der Waals surface area contributed by atoms with Gasteiger partial charge in [-0.15, -0.1) is 0 Å². The van der Waals surface area contributed by atoms with Crippen LogP contribution in [0.2, 0.25) is 0 Å². The molecule has 4 nitrogen and oxygen atoms in total. The van der Waals surface area contributed by atoms with Crippen LogP contribution >= 0.6 is 0 Å². The summed E-state index contributed by atoms with van der Waals surface area (Å²) in [6, 6.07) is 4.48. The van der Waals surface area contributed by atoms with Crippen molar-refractivity contribution in [1.82, 2.24) is 0 Å². The van der Waals surface area contributed by atoms with E-state index in [1.165, 1.54) is 7.11 Å². The van der Waals surface area contributed by atoms with Crippen LogP contribution in [0.1, 0.15) is 38.3 Å². The molecule has 2 atom stereocenters. The number of rotatable bonds is 6. The summed E-state index contributed by atoms with van der Waals surface area (Å²) in [6.45, 7) is 4.22. The first-order chi connectivity index (χ1) is 8.45. The molecule has 4 N–H and O–H groups in total. The van der Waals surface area contributed by atoms with E-state index in [0.717, 1.165) is 6.42 Å². The molecular formula is C14H23NO3. The van der Waals surface area contributed by atoms with E-state index in [-0.39, 0.29) is 5.75 Å². The predicted octanol–water partition coefficient (Wildman–Crippen LogP) is 2.20. The van der Waals surface area contributed by atoms with E-state index < -0.39 is 12.1 Å². The van der Waals surface area contributed by atoms with E-state index in [4.69, 9.17) is 10.5 Å². The first kappa shape index (κ1) is 14.8. The van der Waals surface area contributed by atoms with Gasteiger partial charge in [0.15, 0.2) is 11.5 Å². The van der Waals surface area contributed by atoms with Gasteiger partial charge in [0.25, 0.3) is 0 Å². The highest BCUT2D eigenvalue weighted by atomic mass is 16.5. The smallest absolute Gasteiger partial charge is 0.160 e. The molecule has 0 radical (unpaired) electrons. The molecule has 0 amide bonds. The first-order valence-electron chi connectivity index (χ1n) is 6.26. The van der Waals surface area contributed by atoms with E-state index in [1.807, 2.05) is 0 Å². The minimum atomic E-state index is -0.597. The van der Waals surface area contributed by atoms with Crippen LogP contribution in [0, 0.1) is 5.92 Å². The lowest BCUT2D eigenvalue weighted by Gasteiger charge is -2.20. The quantitative estimate of drug-likeness (QED) is 0.726. The van der Waals surface area contributed by atoms with E-state index in [2.05, 4.69) is 13.8 Å². The lowest BCUT2D eigenvalue weighted by molar-refractivity contribution is 0.128. The Balaban J connectivity index is 2.71. The van der Waals surface area contributed by atoms with Gasteiger partial charge in [-0.1, -0.05) is 19.9 Å². The van der Waals surface area contributed by atoms with Crippen molar-refractivity contribution in [2.24, 2.45) is 11.7 Å². The molecule has 0 fully saturated rings. The number of methoxy groups -OCH3 is 1. The average molecular weight is 253 g/mol. The Hall–Kier alpha value is -1.26. The molecular weight excluding hydrogens is 230 g/mol. The zero-order chi connectivity index (χ0) is 13.7. The van der Waals surface area contributed by atoms with Crippen molar-refractivity contribution in [2.75, 3.05) is 7.11 Å². The summed E-state index contributed by atoms with van der Waals surface area (Å²) in [5.41, 5.74) is 6.70. The molecule has 18 heavy (non-hydrogen) atoms. The monoisotopic (exact) mass is 253 g/mol. The summed E-state index contributed by atoms with van der Waals surface area (Å²) in [4.78, 5) is 0. The number of aliphatic hydroxyl groups is 1. The SMILES string of the molecule is COc1ccc([C@@H](N)[C@@H](O)CCC(C)C)cc1O. The van der Waals surface area contributed by atoms with Gasteiger partial charge in [-0.3, -0.25) is 0 Å². The van der Waals surface area contributed by atoms with Crippen molar-refractivity contribution in [3.8, 4) is 11.5 Å². The fourth-order valence-electron chi connectivity index (χ4n) is 1.82. The molecule has 1 rings (SSSR count). The van der Waals surface area contributed by atoms with Crippen LogP contribution in [0.15, 0.2) is 18.2 Å². The van der Waals surface area contributed by atoms with Gasteiger partial charge in [-0.05, 0) is 36.5 Å². The summed E-state index contributed by atoms with van der Waals surface area (Å²) in [5, 5.41) is 19.7. The van der Waals surface area contributed by atoms with Gasteiger partial charge in [0.2, 0.25) is 0 Å². The largest absolute Gasteiger partial charge is 0.504 e. The molecule has 0 aliphatic heterocycles. The molecule has 102 valence electrons. The Bertz CT molecular complexity index is 379. The maximum absolute atomic E-state index is 10.00. The maximum Gasteiger partial charge on any atom is 0.160 e. The van der Waals surface area contributed by atoms with E-state index in [9.17, 15) is 10.2 Å². The van der Waals surface area contributed by atoms with Crippen molar-refractivity contribution in [1.29, 1.82) is 0 Å². The van der Waals surface area contributed by atoms with Crippen molar-refractivity contribution in [3.05, 3.63) is 23.8 Å². The van der Waals surface area contributed by atoms with E-state index in [0.29, 0.717) is 23.7 Å². The van der Waals surface area contributed by atoms with Crippen molar-refractivity contribution >= 4 is 0 Å². The zero-order valence-electron chi connectivity index (χ0n) is 11.3. The first-order valence-corrected chi connectivity index (χ1v) is 6.26. The molecule has 4 heteroatoms. The highest BCUT2D eigenvalue weighted by Crippen LogP contribution is 2.29. The van der Waals surface area contributed by atoms with Crippen LogP contribution in [0.3, 0.4) is 0 Å². The number of hydrogen-bond acceptors (Lipinski definition) is 4. The topological polar surface area (TPSA) is 75.7 Å². The van der Waals surface area contributed by atoms with Gasteiger partial charge in [-0.2, -0.15) is 0 Å². The van der Waals surface area contributed by atoms with E-state index >= 15 is 0 Å². The summed E-state index contributed by atoms with van der Waals surface area (Å²) < 4.78 is 4.97. The second-order valence-corrected chi connectivity index (χ2v) is 5.00. The van der Waals surface area contributed by atoms with Crippen LogP contribution in [0.4, 0.5) is 0 Å². The third-order valence-corrected chi connectivity index (χ3v) is 3.04. The van der Waals surface area contributed by atoms with Crippen molar-refractivity contribution in [3.63, 3.8) is 0 Å². The number of aliphatic hydroxyl groups excluding tert-OH is 1. The number of benzene rings is 1. The Morgan fingerprint density at radius 3 is 2.44 bits per heavy atom. The number of hydrogen-bond donors (Lipinski definition) is 3. The lowest BCUT2D eigenvalue weighted by atomic mass is 9.96. The highest BCUT2D eigenvalue weighted by Gasteiger charge is 2.18. The zero-order valence-corrected chi connectivity index (χ0v) is 11.3. The standard InChI is InChI=1S/C14H23NO3/c1-9(2)4-6-11(16)14(15)10-5-7-13(18-3)12(17)8-10/h5,7-9,11,14,16-17H,4,6,15H2,1-3H3/t11-,14+/m0/s1. The number of ether oxygens (including phenoxy) is 1. The van der Waals surface area contributed by atoms with Gasteiger partial charge < -0.3 is 20.7 Å². The number of nitrogens with two attached hydrogens (primary N) is 1. The third kappa shape index (κ3) is 3.89. The summed E-state index contributed by atoms with van der Waals surface area (Å²) in [6.07, 6.45) is 0.989. The molecule has 0 saturated heterocycles. The number of phenols is 1. The maximum atomic E-state index is 10.00. The fourth-order valence-corrected chi connectivity index (χ4v) is 1.82. The second-order valence-electron chi connectivity index (χ2n) is 5.00. The van der Waals surface area contributed by atoms with Crippen molar-refractivity contribution < 1.29 is 14.9 Å². The minimum absolute atomic E-state index is 0.0431. The Morgan fingerprint density at radius 2 is 1.94 bits per heavy atom. The normalized spacial score (nSPS) is 14.6. The third-order valence-electron chi connectivity index (χ3n) is 3.04. The van der Waals surface area contributed by atoms with Crippen LogP contribution in [0.25, 0.3) is 0 Å². The number of phenolic OH excluding ortho intramolecular Hbond substituents is 1. The van der Waals surface area contributed by atoms with Gasteiger partial charge in [0, 0.05) is 0 Å². The molecule has 0 aliphatic carbocycles. The molecule has 0 unspecified atom stereocenters. The predicted molar refractivity (Wildman–Crippen MR) is 71.7 cm³/mol. The Kier molecular flexibility index (Phi) is 5.44. The lowest BCUT2D eigenvalue weighted by Crippen LogP contribution is -2.26. The molecule has 0 saturated carbocycles. The second kappa shape index (κ2) is 6.61. The molecule has 0 aliphatic rings. The van der Waals surface area contributed by atoms with Crippen LogP contribution in [-0.4, -0.2) is 23.4 Å². The summed E-state index contributed by atoms with van der Waals surface area (Å²) >= 11 is 0. The van der Waals surface area contributed by atoms with E-state index in [1.54, 1.807) is 18.2 Å². The highest BCUT2D eigenvalue weighted by molar-refractivity contribution is 5.42. The Morgan fingerprint density at radius 1 is 1.28 bits per heavy atom. The number of aromatic hydroxyl groups is 1. The fraction of sp³-hybridized carbons (Fsp3) is 0.571. The minimum Gasteiger partial charge on any atom is -0.504 e. The van der Waals surface area contributed by atoms with Crippen LogP contribution < -0.4 is 10.5 Å². The van der Waals surface area contributed by atoms with Gasteiger partial charge in [0.05, 0.1) is 19.3 Å². The molecule has 1 aromatic carbocycles. The van der Waals surface area contributed by atoms with Crippen molar-refractivity contribution in [2.45, 2.75) is 38.8 Å². The van der Waals surface area contributed by atoms with Crippen LogP contribution in [0.5, 0.6) is 11.5 Å². The summed E-state index contributed by atoms with van der Waals surface area (Å²) in [5.74, 6) is 0.986. The van der Waals surface area contributed by atoms with Gasteiger partial charge in [-0.25, -0.2) is 0 Å². The molecule has 0 aromatic heterocycles. The average Bonchev–Trinajstić information content (AvgIpc) is 2.34.